The second-order valence-corrected chi connectivity index (χ2v) is 4.22. The molecule has 0 spiro atoms. The zero-order chi connectivity index (χ0) is 11.7. The van der Waals surface area contributed by atoms with Gasteiger partial charge in [0, 0.05) is 0 Å². The summed E-state index contributed by atoms with van der Waals surface area (Å²) in [5.74, 6) is -1.12. The molecule has 90 valence electrons. The van der Waals surface area contributed by atoms with Crippen molar-refractivity contribution in [1.82, 2.24) is 0 Å². The van der Waals surface area contributed by atoms with E-state index >= 15 is 0 Å². The summed E-state index contributed by atoms with van der Waals surface area (Å²) in [6.07, 6.45) is 8.35. The highest BCUT2D eigenvalue weighted by Gasteiger charge is 2.27. The number of aliphatic carboxylic acids is 1. The summed E-state index contributed by atoms with van der Waals surface area (Å²) in [6, 6.07) is 0. The Balaban J connectivity index is 3.35. The lowest BCUT2D eigenvalue weighted by atomic mass is 10.0. The Labute approximate surface area is 92.0 Å². The Hall–Kier alpha value is -0.610. The van der Waals surface area contributed by atoms with Crippen molar-refractivity contribution >= 4 is 5.97 Å². The minimum Gasteiger partial charge on any atom is -0.479 e. The summed E-state index contributed by atoms with van der Waals surface area (Å²) in [4.78, 5) is 10.6. The number of rotatable bonds is 9. The van der Waals surface area contributed by atoms with Crippen molar-refractivity contribution in [2.24, 2.45) is 11.5 Å². The molecule has 0 atom stereocenters. The fourth-order valence-corrected chi connectivity index (χ4v) is 1.48. The summed E-state index contributed by atoms with van der Waals surface area (Å²) in [5, 5.41) is 8.66. The van der Waals surface area contributed by atoms with E-state index in [1.54, 1.807) is 0 Å². The lowest BCUT2D eigenvalue weighted by Gasteiger charge is -2.18. The highest BCUT2D eigenvalue weighted by atomic mass is 16.4. The Morgan fingerprint density at radius 1 is 1.07 bits per heavy atom. The predicted molar refractivity (Wildman–Crippen MR) is 61.4 cm³/mol. The van der Waals surface area contributed by atoms with Gasteiger partial charge < -0.3 is 16.6 Å². The minimum atomic E-state index is -1.54. The van der Waals surface area contributed by atoms with Gasteiger partial charge in [0.25, 0.3) is 0 Å². The Bertz CT molecular complexity index is 181. The van der Waals surface area contributed by atoms with Crippen LogP contribution >= 0.6 is 0 Å². The largest absolute Gasteiger partial charge is 0.479 e. The molecule has 0 heterocycles. The van der Waals surface area contributed by atoms with Crippen LogP contribution < -0.4 is 11.5 Å². The maximum absolute atomic E-state index is 10.6. The molecule has 0 aliphatic heterocycles. The monoisotopic (exact) mass is 216 g/mol. The van der Waals surface area contributed by atoms with Gasteiger partial charge in [-0.1, -0.05) is 45.4 Å². The van der Waals surface area contributed by atoms with Gasteiger partial charge in [-0.15, -0.1) is 0 Å². The molecular weight excluding hydrogens is 192 g/mol. The van der Waals surface area contributed by atoms with Crippen molar-refractivity contribution in [2.75, 3.05) is 0 Å². The van der Waals surface area contributed by atoms with E-state index in [1.807, 2.05) is 0 Å². The van der Waals surface area contributed by atoms with E-state index < -0.39 is 11.6 Å². The molecule has 0 fully saturated rings. The van der Waals surface area contributed by atoms with Gasteiger partial charge in [0.2, 0.25) is 0 Å². The van der Waals surface area contributed by atoms with Gasteiger partial charge in [-0.25, -0.2) is 4.79 Å². The van der Waals surface area contributed by atoms with Gasteiger partial charge in [0.15, 0.2) is 5.66 Å². The van der Waals surface area contributed by atoms with Crippen molar-refractivity contribution in [1.29, 1.82) is 0 Å². The lowest BCUT2D eigenvalue weighted by Crippen LogP contribution is -2.56. The second kappa shape index (κ2) is 7.65. The van der Waals surface area contributed by atoms with Crippen LogP contribution in [0, 0.1) is 0 Å². The van der Waals surface area contributed by atoms with E-state index in [2.05, 4.69) is 6.92 Å². The molecule has 5 N–H and O–H groups in total. The van der Waals surface area contributed by atoms with Crippen LogP contribution in [0.25, 0.3) is 0 Å². The third-order valence-corrected chi connectivity index (χ3v) is 2.59. The number of hydrogen-bond donors (Lipinski definition) is 3. The van der Waals surface area contributed by atoms with E-state index in [9.17, 15) is 4.79 Å². The molecule has 0 unspecified atom stereocenters. The van der Waals surface area contributed by atoms with Crippen molar-refractivity contribution < 1.29 is 9.90 Å². The minimum absolute atomic E-state index is 0.357. The smallest absolute Gasteiger partial charge is 0.338 e. The number of nitrogens with two attached hydrogens (primary N) is 2. The van der Waals surface area contributed by atoms with Crippen LogP contribution in [0.1, 0.15) is 58.3 Å². The summed E-state index contributed by atoms with van der Waals surface area (Å²) in [7, 11) is 0. The maximum atomic E-state index is 10.6. The van der Waals surface area contributed by atoms with Crippen LogP contribution in [0.2, 0.25) is 0 Å². The standard InChI is InChI=1S/C11H24N2O2/c1-2-3-4-5-6-7-8-9-11(12,13)10(14)15/h2-9,12-13H2,1H3,(H,14,15). The fourth-order valence-electron chi connectivity index (χ4n) is 1.48. The molecule has 4 heteroatoms. The van der Waals surface area contributed by atoms with Crippen molar-refractivity contribution in [2.45, 2.75) is 64.0 Å². The third kappa shape index (κ3) is 7.33. The Kier molecular flexibility index (Phi) is 7.34. The number of carboxylic acid groups (broad SMARTS) is 1. The number of hydrogen-bond acceptors (Lipinski definition) is 3. The molecule has 0 aliphatic carbocycles. The van der Waals surface area contributed by atoms with E-state index in [0.29, 0.717) is 6.42 Å². The normalized spacial score (nSPS) is 11.7. The summed E-state index contributed by atoms with van der Waals surface area (Å²) in [5.41, 5.74) is 9.26. The maximum Gasteiger partial charge on any atom is 0.338 e. The van der Waals surface area contributed by atoms with E-state index in [0.717, 1.165) is 19.3 Å². The van der Waals surface area contributed by atoms with Crippen LogP contribution in [0.4, 0.5) is 0 Å². The Morgan fingerprint density at radius 2 is 1.53 bits per heavy atom. The van der Waals surface area contributed by atoms with Crippen LogP contribution in [0.5, 0.6) is 0 Å². The average Bonchev–Trinajstić information content (AvgIpc) is 2.16. The van der Waals surface area contributed by atoms with E-state index in [4.69, 9.17) is 16.6 Å². The zero-order valence-corrected chi connectivity index (χ0v) is 9.67. The molecule has 0 bridgehead atoms. The molecule has 0 aliphatic rings. The van der Waals surface area contributed by atoms with Gasteiger partial charge in [0.05, 0.1) is 0 Å². The van der Waals surface area contributed by atoms with Crippen molar-refractivity contribution in [3.63, 3.8) is 0 Å². The third-order valence-electron chi connectivity index (χ3n) is 2.59. The molecular formula is C11H24N2O2. The summed E-state index contributed by atoms with van der Waals surface area (Å²) < 4.78 is 0. The molecule has 0 aromatic rings. The molecule has 0 rings (SSSR count). The van der Waals surface area contributed by atoms with Crippen LogP contribution in [0.15, 0.2) is 0 Å². The molecule has 0 aromatic carbocycles. The molecule has 0 amide bonds. The first-order chi connectivity index (χ1) is 7.00. The second-order valence-electron chi connectivity index (χ2n) is 4.22. The summed E-state index contributed by atoms with van der Waals surface area (Å²) >= 11 is 0. The SMILES string of the molecule is CCCCCCCCCC(N)(N)C(=O)O. The first-order valence-electron chi connectivity index (χ1n) is 5.82. The molecule has 0 radical (unpaired) electrons. The molecule has 0 aromatic heterocycles. The first kappa shape index (κ1) is 14.4. The first-order valence-corrected chi connectivity index (χ1v) is 5.82. The zero-order valence-electron chi connectivity index (χ0n) is 9.67. The highest BCUT2D eigenvalue weighted by molar-refractivity contribution is 5.77. The topological polar surface area (TPSA) is 89.3 Å². The van der Waals surface area contributed by atoms with Crippen LogP contribution in [0.3, 0.4) is 0 Å². The Morgan fingerprint density at radius 3 is 2.00 bits per heavy atom. The molecule has 15 heavy (non-hydrogen) atoms. The van der Waals surface area contributed by atoms with E-state index in [-0.39, 0.29) is 0 Å². The molecule has 4 nitrogen and oxygen atoms in total. The van der Waals surface area contributed by atoms with Gasteiger partial charge in [-0.2, -0.15) is 0 Å². The predicted octanol–water partition coefficient (Wildman–Crippen LogP) is 1.83. The number of unbranched alkanes of at least 4 members (excludes halogenated alkanes) is 6. The van der Waals surface area contributed by atoms with E-state index in [1.165, 1.54) is 25.7 Å². The lowest BCUT2D eigenvalue weighted by molar-refractivity contribution is -0.143. The van der Waals surface area contributed by atoms with Gasteiger partial charge in [-0.05, 0) is 12.8 Å². The average molecular weight is 216 g/mol. The molecule has 0 saturated carbocycles. The van der Waals surface area contributed by atoms with Gasteiger partial charge in [-0.3, -0.25) is 0 Å². The number of carboxylic acids is 1. The molecule has 0 saturated heterocycles. The van der Waals surface area contributed by atoms with Gasteiger partial charge in [0.1, 0.15) is 0 Å². The number of carbonyl (C=O) groups is 1. The fraction of sp³-hybridized carbons (Fsp3) is 0.909. The highest BCUT2D eigenvalue weighted by Crippen LogP contribution is 2.11. The van der Waals surface area contributed by atoms with Crippen molar-refractivity contribution in [3.05, 3.63) is 0 Å². The van der Waals surface area contributed by atoms with Crippen molar-refractivity contribution in [3.8, 4) is 0 Å². The summed E-state index contributed by atoms with van der Waals surface area (Å²) in [6.45, 7) is 2.18. The van der Waals surface area contributed by atoms with Crippen LogP contribution in [-0.2, 0) is 4.79 Å². The van der Waals surface area contributed by atoms with Gasteiger partial charge >= 0.3 is 5.97 Å². The van der Waals surface area contributed by atoms with Crippen LogP contribution in [-0.4, -0.2) is 16.7 Å². The quantitative estimate of drug-likeness (QED) is 0.405.